The van der Waals surface area contributed by atoms with E-state index in [4.69, 9.17) is 5.21 Å². The highest BCUT2D eigenvalue weighted by Gasteiger charge is 2.29. The highest BCUT2D eigenvalue weighted by molar-refractivity contribution is 5.90. The quantitative estimate of drug-likeness (QED) is 0.371. The summed E-state index contributed by atoms with van der Waals surface area (Å²) < 4.78 is 57.0. The first-order chi connectivity index (χ1) is 7.95. The lowest BCUT2D eigenvalue weighted by molar-refractivity contribution is 0.0586. The number of ether oxygens (including phenoxy) is 1. The van der Waals surface area contributed by atoms with Crippen molar-refractivity contribution in [2.45, 2.75) is 6.54 Å². The van der Waals surface area contributed by atoms with Crippen LogP contribution in [0.15, 0.2) is 0 Å². The predicted molar refractivity (Wildman–Crippen MR) is 46.2 cm³/mol. The number of nitrogens with one attached hydrogen (secondary N) is 1. The summed E-state index contributed by atoms with van der Waals surface area (Å²) in [7, 11) is 0.806. The molecule has 0 amide bonds. The van der Waals surface area contributed by atoms with E-state index in [1.807, 2.05) is 0 Å². The summed E-state index contributed by atoms with van der Waals surface area (Å²) in [6.45, 7) is -0.854. The maximum absolute atomic E-state index is 13.3. The van der Waals surface area contributed by atoms with Gasteiger partial charge in [0.25, 0.3) is 0 Å². The molecule has 2 N–H and O–H groups in total. The lowest BCUT2D eigenvalue weighted by Crippen LogP contribution is -2.18. The summed E-state index contributed by atoms with van der Waals surface area (Å²) in [6.07, 6.45) is 0. The molecule has 17 heavy (non-hydrogen) atoms. The fraction of sp³-hybridized carbons (Fsp3) is 0.222. The van der Waals surface area contributed by atoms with Gasteiger partial charge in [0, 0.05) is 5.56 Å². The van der Waals surface area contributed by atoms with Crippen LogP contribution in [-0.2, 0) is 11.3 Å². The van der Waals surface area contributed by atoms with Crippen molar-refractivity contribution in [2.24, 2.45) is 0 Å². The molecule has 0 atom stereocenters. The van der Waals surface area contributed by atoms with Crippen molar-refractivity contribution < 1.29 is 32.3 Å². The average Bonchev–Trinajstić information content (AvgIpc) is 2.32. The van der Waals surface area contributed by atoms with E-state index in [1.165, 1.54) is 5.48 Å². The first-order valence-corrected chi connectivity index (χ1v) is 4.25. The Hall–Kier alpha value is -1.67. The molecule has 0 aromatic heterocycles. The van der Waals surface area contributed by atoms with Gasteiger partial charge in [0.1, 0.15) is 5.56 Å². The second-order valence-electron chi connectivity index (χ2n) is 2.94. The van der Waals surface area contributed by atoms with Crippen LogP contribution in [0.5, 0.6) is 0 Å². The smallest absolute Gasteiger partial charge is 0.344 e. The molecule has 94 valence electrons. The number of methoxy groups -OCH3 is 1. The van der Waals surface area contributed by atoms with Gasteiger partial charge in [0.2, 0.25) is 0 Å². The van der Waals surface area contributed by atoms with Gasteiger partial charge < -0.3 is 9.94 Å². The zero-order valence-corrected chi connectivity index (χ0v) is 8.48. The van der Waals surface area contributed by atoms with Crippen molar-refractivity contribution in [2.75, 3.05) is 7.11 Å². The van der Waals surface area contributed by atoms with Crippen molar-refractivity contribution in [3.63, 3.8) is 0 Å². The van der Waals surface area contributed by atoms with Gasteiger partial charge in [-0.2, -0.15) is 0 Å². The van der Waals surface area contributed by atoms with Gasteiger partial charge >= 0.3 is 5.97 Å². The number of carbonyl (C=O) groups excluding carboxylic acids is 1. The lowest BCUT2D eigenvalue weighted by Gasteiger charge is -2.09. The highest BCUT2D eigenvalue weighted by Crippen LogP contribution is 2.24. The summed E-state index contributed by atoms with van der Waals surface area (Å²) in [6, 6.07) is 0. The fourth-order valence-electron chi connectivity index (χ4n) is 1.19. The van der Waals surface area contributed by atoms with Crippen molar-refractivity contribution in [3.8, 4) is 0 Å². The SMILES string of the molecule is COC(=O)c1c(F)c(F)c(CNO)c(F)c1F. The molecule has 1 rings (SSSR count). The Morgan fingerprint density at radius 2 is 1.65 bits per heavy atom. The molecule has 1 aromatic rings. The van der Waals surface area contributed by atoms with E-state index < -0.39 is 46.9 Å². The third-order valence-electron chi connectivity index (χ3n) is 2.00. The minimum atomic E-state index is -1.87. The van der Waals surface area contributed by atoms with Crippen LogP contribution in [0.4, 0.5) is 17.6 Å². The van der Waals surface area contributed by atoms with E-state index in [-0.39, 0.29) is 0 Å². The Bertz CT molecular complexity index is 435. The number of benzene rings is 1. The molecule has 0 spiro atoms. The minimum Gasteiger partial charge on any atom is -0.465 e. The van der Waals surface area contributed by atoms with Crippen LogP contribution < -0.4 is 5.48 Å². The maximum Gasteiger partial charge on any atom is 0.344 e. The molecule has 0 aliphatic rings. The van der Waals surface area contributed by atoms with Gasteiger partial charge in [0.15, 0.2) is 23.3 Å². The summed E-state index contributed by atoms with van der Waals surface area (Å²) in [5, 5.41) is 8.26. The van der Waals surface area contributed by atoms with Gasteiger partial charge in [-0.05, 0) is 0 Å². The molecular weight excluding hydrogens is 246 g/mol. The molecular formula is C9H7F4NO3. The van der Waals surface area contributed by atoms with E-state index in [0.29, 0.717) is 0 Å². The monoisotopic (exact) mass is 253 g/mol. The van der Waals surface area contributed by atoms with Crippen LogP contribution in [0.3, 0.4) is 0 Å². The van der Waals surface area contributed by atoms with Crippen LogP contribution in [0.1, 0.15) is 15.9 Å². The molecule has 8 heteroatoms. The lowest BCUT2D eigenvalue weighted by atomic mass is 10.1. The van der Waals surface area contributed by atoms with Crippen molar-refractivity contribution >= 4 is 5.97 Å². The summed E-state index contributed by atoms with van der Waals surface area (Å²) in [5.74, 6) is -8.83. The number of hydrogen-bond donors (Lipinski definition) is 2. The number of carbonyl (C=O) groups is 1. The minimum absolute atomic E-state index is 0.806. The van der Waals surface area contributed by atoms with E-state index in [2.05, 4.69) is 4.74 Å². The fourth-order valence-corrected chi connectivity index (χ4v) is 1.19. The van der Waals surface area contributed by atoms with E-state index in [0.717, 1.165) is 7.11 Å². The molecule has 0 fully saturated rings. The molecule has 0 bridgehead atoms. The van der Waals surface area contributed by atoms with Crippen LogP contribution in [0, 0.1) is 23.3 Å². The molecule has 0 saturated carbocycles. The van der Waals surface area contributed by atoms with E-state index in [9.17, 15) is 22.4 Å². The summed E-state index contributed by atoms with van der Waals surface area (Å²) in [5.41, 5.74) is -1.16. The number of hydroxylamine groups is 1. The number of halogens is 4. The van der Waals surface area contributed by atoms with Gasteiger partial charge in [-0.1, -0.05) is 0 Å². The molecule has 0 unspecified atom stereocenters. The summed E-state index contributed by atoms with van der Waals surface area (Å²) >= 11 is 0. The van der Waals surface area contributed by atoms with Gasteiger partial charge in [-0.15, -0.1) is 0 Å². The normalized spacial score (nSPS) is 10.5. The molecule has 1 aromatic carbocycles. The van der Waals surface area contributed by atoms with Crippen molar-refractivity contribution in [1.29, 1.82) is 0 Å². The first-order valence-electron chi connectivity index (χ1n) is 4.25. The Morgan fingerprint density at radius 1 is 1.18 bits per heavy atom. The Labute approximate surface area is 92.8 Å². The van der Waals surface area contributed by atoms with Crippen molar-refractivity contribution in [3.05, 3.63) is 34.4 Å². The number of hydrogen-bond acceptors (Lipinski definition) is 4. The van der Waals surface area contributed by atoms with Crippen LogP contribution in [0.2, 0.25) is 0 Å². The Kier molecular flexibility index (Phi) is 4.02. The largest absolute Gasteiger partial charge is 0.465 e. The van der Waals surface area contributed by atoms with Crippen LogP contribution in [-0.4, -0.2) is 18.3 Å². The van der Waals surface area contributed by atoms with Gasteiger partial charge in [-0.3, -0.25) is 0 Å². The van der Waals surface area contributed by atoms with Gasteiger partial charge in [0.05, 0.1) is 13.7 Å². The molecule has 0 aliphatic carbocycles. The molecule has 0 heterocycles. The standard InChI is InChI=1S/C9H7F4NO3/c1-17-9(15)4-7(12)5(10)3(2-14-16)6(11)8(4)13/h14,16H,2H2,1H3. The molecule has 0 saturated heterocycles. The first kappa shape index (κ1) is 13.4. The van der Waals surface area contributed by atoms with Crippen LogP contribution in [0.25, 0.3) is 0 Å². The number of rotatable bonds is 3. The van der Waals surface area contributed by atoms with Gasteiger partial charge in [-0.25, -0.2) is 27.8 Å². The van der Waals surface area contributed by atoms with E-state index >= 15 is 0 Å². The predicted octanol–water partition coefficient (Wildman–Crippen LogP) is 1.51. The van der Waals surface area contributed by atoms with E-state index in [1.54, 1.807) is 0 Å². The molecule has 0 radical (unpaired) electrons. The molecule has 4 nitrogen and oxygen atoms in total. The Balaban J connectivity index is 3.52. The number of esters is 1. The second-order valence-corrected chi connectivity index (χ2v) is 2.94. The summed E-state index contributed by atoms with van der Waals surface area (Å²) in [4.78, 5) is 10.9. The zero-order valence-electron chi connectivity index (χ0n) is 8.48. The zero-order chi connectivity index (χ0) is 13.2. The third kappa shape index (κ3) is 2.22. The Morgan fingerprint density at radius 3 is 2.00 bits per heavy atom. The topological polar surface area (TPSA) is 58.6 Å². The highest BCUT2D eigenvalue weighted by atomic mass is 19.2. The van der Waals surface area contributed by atoms with Crippen molar-refractivity contribution in [1.82, 2.24) is 5.48 Å². The van der Waals surface area contributed by atoms with Crippen LogP contribution >= 0.6 is 0 Å². The second kappa shape index (κ2) is 5.11. The molecule has 0 aliphatic heterocycles. The average molecular weight is 253 g/mol. The maximum atomic E-state index is 13.3. The third-order valence-corrected chi connectivity index (χ3v) is 2.00.